The Balaban J connectivity index is 1.67. The molecule has 0 spiro atoms. The molecule has 2 aromatic rings. The zero-order valence-electron chi connectivity index (χ0n) is 20.1. The highest BCUT2D eigenvalue weighted by molar-refractivity contribution is 7.17. The molecule has 1 atom stereocenters. The Kier molecular flexibility index (Phi) is 6.49. The molecule has 172 valence electrons. The molecule has 2 aliphatic rings. The predicted molar refractivity (Wildman–Crippen MR) is 133 cm³/mol. The Labute approximate surface area is 196 Å². The third-order valence-corrected chi connectivity index (χ3v) is 8.45. The summed E-state index contributed by atoms with van der Waals surface area (Å²) in [6, 6.07) is 7.61. The number of likely N-dealkylation sites (tertiary alicyclic amines) is 1. The van der Waals surface area contributed by atoms with E-state index in [1.54, 1.807) is 11.3 Å². The van der Waals surface area contributed by atoms with E-state index in [0.717, 1.165) is 61.3 Å². The molecule has 32 heavy (non-hydrogen) atoms. The third-order valence-electron chi connectivity index (χ3n) is 7.28. The lowest BCUT2D eigenvalue weighted by molar-refractivity contribution is 0.0697. The van der Waals surface area contributed by atoms with Crippen LogP contribution in [0, 0.1) is 24.2 Å². The van der Waals surface area contributed by atoms with Crippen LogP contribution < -0.4 is 5.32 Å². The van der Waals surface area contributed by atoms with Gasteiger partial charge in [-0.05, 0) is 74.0 Å². The van der Waals surface area contributed by atoms with E-state index in [9.17, 15) is 9.59 Å². The number of carbonyl (C=O) groups excluding carboxylic acids is 2. The van der Waals surface area contributed by atoms with E-state index in [1.807, 2.05) is 36.1 Å². The van der Waals surface area contributed by atoms with Crippen molar-refractivity contribution in [2.75, 3.05) is 18.4 Å². The van der Waals surface area contributed by atoms with Crippen LogP contribution in [0.2, 0.25) is 0 Å². The topological polar surface area (TPSA) is 49.4 Å². The quantitative estimate of drug-likeness (QED) is 0.591. The fourth-order valence-corrected chi connectivity index (χ4v) is 6.29. The lowest BCUT2D eigenvalue weighted by atomic mass is 9.72. The van der Waals surface area contributed by atoms with Gasteiger partial charge in [-0.1, -0.05) is 45.4 Å². The molecule has 1 fully saturated rings. The molecule has 1 aliphatic heterocycles. The second-order valence-electron chi connectivity index (χ2n) is 10.8. The zero-order valence-corrected chi connectivity index (χ0v) is 20.9. The van der Waals surface area contributed by atoms with Crippen LogP contribution in [-0.4, -0.2) is 29.8 Å². The number of fused-ring (bicyclic) bond motifs is 1. The Morgan fingerprint density at radius 2 is 1.84 bits per heavy atom. The summed E-state index contributed by atoms with van der Waals surface area (Å²) in [4.78, 5) is 30.0. The first kappa shape index (κ1) is 23.0. The second-order valence-corrected chi connectivity index (χ2v) is 11.9. The number of aryl methyl sites for hydroxylation is 1. The molecule has 0 radical (unpaired) electrons. The maximum Gasteiger partial charge on any atom is 0.257 e. The lowest BCUT2D eigenvalue weighted by Crippen LogP contribution is -2.38. The number of amides is 2. The fourth-order valence-electron chi connectivity index (χ4n) is 4.97. The van der Waals surface area contributed by atoms with Crippen LogP contribution in [0.4, 0.5) is 5.00 Å². The van der Waals surface area contributed by atoms with Gasteiger partial charge >= 0.3 is 0 Å². The molecule has 0 saturated carbocycles. The first-order valence-electron chi connectivity index (χ1n) is 12.0. The normalized spacial score (nSPS) is 19.5. The standard InChI is InChI=1S/C27H36N2O2S/c1-17-11-13-29(14-12-17)26(31)23-21-10-9-20(27(3,4)5)16-22(21)32-25(23)28-24(30)19-8-6-7-18(2)15-19/h6-8,15,17,20H,9-14,16H2,1-5H3,(H,28,30). The molecule has 1 unspecified atom stereocenters. The SMILES string of the molecule is Cc1cccc(C(=O)Nc2sc3c(c2C(=O)N2CCC(C)CC2)CCC(C(C)(C)C)C3)c1. The molecule has 4 rings (SSSR count). The fraction of sp³-hybridized carbons (Fsp3) is 0.556. The maximum atomic E-state index is 13.7. The Hall–Kier alpha value is -2.14. The Morgan fingerprint density at radius 3 is 2.50 bits per heavy atom. The summed E-state index contributed by atoms with van der Waals surface area (Å²) >= 11 is 1.62. The van der Waals surface area contributed by atoms with E-state index in [1.165, 1.54) is 10.4 Å². The number of piperidine rings is 1. The summed E-state index contributed by atoms with van der Waals surface area (Å²) in [5, 5.41) is 3.86. The molecule has 1 aliphatic carbocycles. The van der Waals surface area contributed by atoms with Crippen molar-refractivity contribution in [3.63, 3.8) is 0 Å². The van der Waals surface area contributed by atoms with Gasteiger partial charge in [0.1, 0.15) is 5.00 Å². The van der Waals surface area contributed by atoms with Gasteiger partial charge in [0.05, 0.1) is 5.56 Å². The van der Waals surface area contributed by atoms with Crippen LogP contribution in [-0.2, 0) is 12.8 Å². The molecule has 1 saturated heterocycles. The average Bonchev–Trinajstić information content (AvgIpc) is 3.10. The number of hydrogen-bond donors (Lipinski definition) is 1. The van der Waals surface area contributed by atoms with Crippen molar-refractivity contribution >= 4 is 28.2 Å². The molecular formula is C27H36N2O2S. The van der Waals surface area contributed by atoms with Crippen LogP contribution in [0.15, 0.2) is 24.3 Å². The van der Waals surface area contributed by atoms with Crippen molar-refractivity contribution in [1.29, 1.82) is 0 Å². The summed E-state index contributed by atoms with van der Waals surface area (Å²) in [5.74, 6) is 1.22. The smallest absolute Gasteiger partial charge is 0.257 e. The van der Waals surface area contributed by atoms with E-state index < -0.39 is 0 Å². The van der Waals surface area contributed by atoms with Gasteiger partial charge in [0.15, 0.2) is 0 Å². The van der Waals surface area contributed by atoms with E-state index in [-0.39, 0.29) is 17.2 Å². The van der Waals surface area contributed by atoms with E-state index in [4.69, 9.17) is 0 Å². The molecule has 0 bridgehead atoms. The number of anilines is 1. The molecule has 1 N–H and O–H groups in total. The monoisotopic (exact) mass is 452 g/mol. The van der Waals surface area contributed by atoms with Crippen LogP contribution >= 0.6 is 11.3 Å². The number of benzene rings is 1. The van der Waals surface area contributed by atoms with Gasteiger partial charge in [-0.25, -0.2) is 0 Å². The van der Waals surface area contributed by atoms with Gasteiger partial charge in [0, 0.05) is 23.5 Å². The summed E-state index contributed by atoms with van der Waals surface area (Å²) in [6.45, 7) is 12.8. The summed E-state index contributed by atoms with van der Waals surface area (Å²) in [5.41, 5.74) is 3.86. The number of thiophene rings is 1. The first-order valence-corrected chi connectivity index (χ1v) is 12.8. The zero-order chi connectivity index (χ0) is 23.0. The highest BCUT2D eigenvalue weighted by Gasteiger charge is 2.35. The Bertz CT molecular complexity index is 1010. The minimum atomic E-state index is -0.138. The molecule has 2 heterocycles. The van der Waals surface area contributed by atoms with E-state index >= 15 is 0 Å². The number of nitrogens with zero attached hydrogens (tertiary/aromatic N) is 1. The van der Waals surface area contributed by atoms with Crippen LogP contribution in [0.3, 0.4) is 0 Å². The second kappa shape index (κ2) is 9.01. The maximum absolute atomic E-state index is 13.7. The van der Waals surface area contributed by atoms with Crippen molar-refractivity contribution in [3.8, 4) is 0 Å². The third kappa shape index (κ3) is 4.78. The van der Waals surface area contributed by atoms with Crippen molar-refractivity contribution in [3.05, 3.63) is 51.4 Å². The molecule has 1 aromatic carbocycles. The molecule has 2 amide bonds. The van der Waals surface area contributed by atoms with Gasteiger partial charge in [-0.3, -0.25) is 9.59 Å². The Morgan fingerprint density at radius 1 is 1.12 bits per heavy atom. The van der Waals surface area contributed by atoms with Crippen LogP contribution in [0.5, 0.6) is 0 Å². The van der Waals surface area contributed by atoms with Gasteiger partial charge in [-0.2, -0.15) is 0 Å². The summed E-state index contributed by atoms with van der Waals surface area (Å²) in [6.07, 6.45) is 5.10. The predicted octanol–water partition coefficient (Wildman–Crippen LogP) is 6.33. The summed E-state index contributed by atoms with van der Waals surface area (Å²) < 4.78 is 0. The average molecular weight is 453 g/mol. The van der Waals surface area contributed by atoms with Crippen LogP contribution in [0.25, 0.3) is 0 Å². The largest absolute Gasteiger partial charge is 0.339 e. The highest BCUT2D eigenvalue weighted by atomic mass is 32.1. The molecule has 5 heteroatoms. The van der Waals surface area contributed by atoms with Crippen molar-refractivity contribution in [2.45, 2.75) is 66.7 Å². The van der Waals surface area contributed by atoms with Gasteiger partial charge in [0.25, 0.3) is 11.8 Å². The van der Waals surface area contributed by atoms with Crippen LogP contribution in [0.1, 0.15) is 83.7 Å². The van der Waals surface area contributed by atoms with E-state index in [2.05, 4.69) is 33.0 Å². The molecular weight excluding hydrogens is 416 g/mol. The van der Waals surface area contributed by atoms with Gasteiger partial charge < -0.3 is 10.2 Å². The molecule has 1 aromatic heterocycles. The number of rotatable bonds is 3. The number of carbonyl (C=O) groups is 2. The number of nitrogens with one attached hydrogen (secondary N) is 1. The molecule has 4 nitrogen and oxygen atoms in total. The van der Waals surface area contributed by atoms with E-state index in [0.29, 0.717) is 17.4 Å². The van der Waals surface area contributed by atoms with Crippen molar-refractivity contribution in [1.82, 2.24) is 4.90 Å². The summed E-state index contributed by atoms with van der Waals surface area (Å²) in [7, 11) is 0. The van der Waals surface area contributed by atoms with Crippen molar-refractivity contribution < 1.29 is 9.59 Å². The first-order chi connectivity index (χ1) is 15.1. The van der Waals surface area contributed by atoms with Crippen molar-refractivity contribution in [2.24, 2.45) is 17.3 Å². The minimum absolute atomic E-state index is 0.100. The van der Waals surface area contributed by atoms with Gasteiger partial charge in [0.2, 0.25) is 0 Å². The lowest BCUT2D eigenvalue weighted by Gasteiger charge is -2.34. The van der Waals surface area contributed by atoms with Gasteiger partial charge in [-0.15, -0.1) is 11.3 Å². The minimum Gasteiger partial charge on any atom is -0.339 e. The highest BCUT2D eigenvalue weighted by Crippen LogP contribution is 2.45. The number of hydrogen-bond acceptors (Lipinski definition) is 3.